The minimum absolute atomic E-state index is 0. The van der Waals surface area contributed by atoms with Crippen molar-refractivity contribution >= 4 is 35.9 Å². The lowest BCUT2D eigenvalue weighted by Crippen LogP contribution is -2.33. The number of aliphatic imine (C=N–C) groups is 1. The van der Waals surface area contributed by atoms with Gasteiger partial charge in [-0.2, -0.15) is 0 Å². The Balaban J connectivity index is 0.00000288. The molecule has 8 heteroatoms. The van der Waals surface area contributed by atoms with Crippen molar-refractivity contribution in [3.63, 3.8) is 0 Å². The molecule has 0 aliphatic carbocycles. The Morgan fingerprint density at radius 2 is 2.21 bits per heavy atom. The van der Waals surface area contributed by atoms with Crippen molar-refractivity contribution in [3.05, 3.63) is 53.7 Å². The first-order valence-electron chi connectivity index (χ1n) is 7.38. The van der Waals surface area contributed by atoms with Crippen LogP contribution in [0.4, 0.5) is 0 Å². The zero-order valence-electron chi connectivity index (χ0n) is 13.4. The summed E-state index contributed by atoms with van der Waals surface area (Å²) in [5, 5.41) is 3.01. The van der Waals surface area contributed by atoms with Gasteiger partial charge in [0, 0.05) is 24.9 Å². The van der Waals surface area contributed by atoms with Crippen LogP contribution < -0.4 is 11.1 Å². The number of hydrogen-bond donors (Lipinski definition) is 2. The van der Waals surface area contributed by atoms with Gasteiger partial charge in [0.15, 0.2) is 5.96 Å². The lowest BCUT2D eigenvalue weighted by molar-refractivity contribution is 0.0488. The Hall–Kier alpha value is -2.10. The number of rotatable bonds is 7. The van der Waals surface area contributed by atoms with Crippen LogP contribution in [0.5, 0.6) is 0 Å². The molecule has 2 aromatic heterocycles. The van der Waals surface area contributed by atoms with Gasteiger partial charge in [0.2, 0.25) is 5.76 Å². The van der Waals surface area contributed by atoms with Crippen LogP contribution in [0.2, 0.25) is 0 Å². The molecule has 0 saturated heterocycles. The van der Waals surface area contributed by atoms with Crippen molar-refractivity contribution < 1.29 is 13.9 Å². The van der Waals surface area contributed by atoms with Crippen molar-refractivity contribution in [2.24, 2.45) is 10.7 Å². The second kappa shape index (κ2) is 10.6. The van der Waals surface area contributed by atoms with Gasteiger partial charge in [0.05, 0.1) is 6.61 Å². The third-order valence-electron chi connectivity index (χ3n) is 2.96. The largest absolute Gasteiger partial charge is 0.460 e. The number of aromatic nitrogens is 1. The average molecular weight is 444 g/mol. The van der Waals surface area contributed by atoms with Crippen LogP contribution in [0.25, 0.3) is 0 Å². The summed E-state index contributed by atoms with van der Waals surface area (Å²) < 4.78 is 10.2. The van der Waals surface area contributed by atoms with Crippen LogP contribution in [0.3, 0.4) is 0 Å². The zero-order chi connectivity index (χ0) is 16.5. The summed E-state index contributed by atoms with van der Waals surface area (Å²) in [7, 11) is 0. The van der Waals surface area contributed by atoms with E-state index in [1.165, 1.54) is 0 Å². The van der Waals surface area contributed by atoms with Crippen molar-refractivity contribution in [1.29, 1.82) is 0 Å². The highest BCUT2D eigenvalue weighted by molar-refractivity contribution is 14.0. The maximum Gasteiger partial charge on any atom is 0.374 e. The van der Waals surface area contributed by atoms with Crippen LogP contribution in [0.1, 0.15) is 28.9 Å². The number of pyridine rings is 1. The van der Waals surface area contributed by atoms with Gasteiger partial charge in [0.25, 0.3) is 0 Å². The summed E-state index contributed by atoms with van der Waals surface area (Å²) in [6, 6.07) is 9.01. The summed E-state index contributed by atoms with van der Waals surface area (Å²) in [5.74, 6) is 0.542. The van der Waals surface area contributed by atoms with Gasteiger partial charge in [-0.25, -0.2) is 9.79 Å². The second-order valence-electron chi connectivity index (χ2n) is 4.69. The molecule has 0 saturated carbocycles. The first kappa shape index (κ1) is 19.9. The van der Waals surface area contributed by atoms with E-state index in [9.17, 15) is 4.79 Å². The van der Waals surface area contributed by atoms with E-state index >= 15 is 0 Å². The highest BCUT2D eigenvalue weighted by atomic mass is 127. The molecule has 2 aromatic rings. The summed E-state index contributed by atoms with van der Waals surface area (Å²) in [6.45, 7) is 2.93. The van der Waals surface area contributed by atoms with Gasteiger partial charge in [-0.1, -0.05) is 6.07 Å². The lowest BCUT2D eigenvalue weighted by Gasteiger charge is -2.04. The van der Waals surface area contributed by atoms with Crippen LogP contribution in [0.15, 0.2) is 45.9 Å². The third kappa shape index (κ3) is 6.57. The molecule has 24 heavy (non-hydrogen) atoms. The predicted octanol–water partition coefficient (Wildman–Crippen LogP) is 2.12. The molecular weight excluding hydrogens is 423 g/mol. The lowest BCUT2D eigenvalue weighted by atomic mass is 10.3. The number of esters is 1. The quantitative estimate of drug-likeness (QED) is 0.294. The fourth-order valence-electron chi connectivity index (χ4n) is 1.86. The molecule has 3 N–H and O–H groups in total. The maximum absolute atomic E-state index is 11.5. The van der Waals surface area contributed by atoms with Gasteiger partial charge in [-0.3, -0.25) is 4.98 Å². The fraction of sp³-hybridized carbons (Fsp3) is 0.312. The highest BCUT2D eigenvalue weighted by Gasteiger charge is 2.11. The number of carbonyl (C=O) groups is 1. The van der Waals surface area contributed by atoms with Gasteiger partial charge in [0.1, 0.15) is 12.3 Å². The molecule has 0 aliphatic heterocycles. The molecule has 0 aromatic carbocycles. The fourth-order valence-corrected chi connectivity index (χ4v) is 1.86. The molecule has 0 bridgehead atoms. The maximum atomic E-state index is 11.5. The molecule has 0 radical (unpaired) electrons. The number of nitrogens with one attached hydrogen (secondary N) is 1. The minimum atomic E-state index is -0.482. The second-order valence-corrected chi connectivity index (χ2v) is 4.69. The standard InChI is InChI=1S/C16H20N4O3.HI/c1-2-22-15(21)14-7-6-13(23-14)11-20-16(17)19-10-8-12-5-3-4-9-18-12;/h3-7,9H,2,8,10-11H2,1H3,(H3,17,19,20);1H. The average Bonchev–Trinajstić information content (AvgIpc) is 3.03. The summed E-state index contributed by atoms with van der Waals surface area (Å²) in [6.07, 6.45) is 2.51. The van der Waals surface area contributed by atoms with E-state index in [-0.39, 0.29) is 36.3 Å². The molecule has 0 amide bonds. The van der Waals surface area contributed by atoms with E-state index in [2.05, 4.69) is 15.3 Å². The van der Waals surface area contributed by atoms with E-state index in [4.69, 9.17) is 14.9 Å². The summed E-state index contributed by atoms with van der Waals surface area (Å²) >= 11 is 0. The Morgan fingerprint density at radius 3 is 2.92 bits per heavy atom. The summed E-state index contributed by atoms with van der Waals surface area (Å²) in [5.41, 5.74) is 6.77. The molecule has 0 fully saturated rings. The van der Waals surface area contributed by atoms with E-state index in [0.29, 0.717) is 24.9 Å². The van der Waals surface area contributed by atoms with Crippen molar-refractivity contribution in [2.75, 3.05) is 13.2 Å². The first-order chi connectivity index (χ1) is 11.2. The number of carbonyl (C=O) groups excluding carboxylic acids is 1. The number of furan rings is 1. The van der Waals surface area contributed by atoms with Crippen molar-refractivity contribution in [2.45, 2.75) is 19.9 Å². The number of guanidine groups is 1. The molecule has 7 nitrogen and oxygen atoms in total. The van der Waals surface area contributed by atoms with Crippen LogP contribution in [-0.4, -0.2) is 30.1 Å². The molecule has 2 rings (SSSR count). The summed E-state index contributed by atoms with van der Waals surface area (Å²) in [4.78, 5) is 19.9. The molecule has 2 heterocycles. The van der Waals surface area contributed by atoms with Gasteiger partial charge < -0.3 is 20.2 Å². The Labute approximate surface area is 157 Å². The predicted molar refractivity (Wildman–Crippen MR) is 101 cm³/mol. The normalized spacial score (nSPS) is 10.8. The molecule has 0 atom stereocenters. The van der Waals surface area contributed by atoms with E-state index in [1.54, 1.807) is 25.3 Å². The smallest absolute Gasteiger partial charge is 0.374 e. The van der Waals surface area contributed by atoms with Crippen molar-refractivity contribution in [3.8, 4) is 0 Å². The van der Waals surface area contributed by atoms with Gasteiger partial charge in [-0.15, -0.1) is 24.0 Å². The molecular formula is C16H21IN4O3. The van der Waals surface area contributed by atoms with Crippen LogP contribution in [0, 0.1) is 0 Å². The third-order valence-corrected chi connectivity index (χ3v) is 2.96. The Bertz CT molecular complexity index is 658. The minimum Gasteiger partial charge on any atom is -0.460 e. The SMILES string of the molecule is CCOC(=O)c1ccc(CN=C(N)NCCc2ccccn2)o1.I. The number of halogens is 1. The number of nitrogens with two attached hydrogens (primary N) is 1. The van der Waals surface area contributed by atoms with E-state index in [1.807, 2.05) is 18.2 Å². The first-order valence-corrected chi connectivity index (χ1v) is 7.38. The highest BCUT2D eigenvalue weighted by Crippen LogP contribution is 2.10. The van der Waals surface area contributed by atoms with Crippen LogP contribution >= 0.6 is 24.0 Å². The van der Waals surface area contributed by atoms with Gasteiger partial charge >= 0.3 is 5.97 Å². The molecule has 0 aliphatic rings. The molecule has 130 valence electrons. The Morgan fingerprint density at radius 1 is 1.38 bits per heavy atom. The van der Waals surface area contributed by atoms with E-state index < -0.39 is 5.97 Å². The zero-order valence-corrected chi connectivity index (χ0v) is 15.7. The topological polar surface area (TPSA) is 103 Å². The number of ether oxygens (including phenoxy) is 1. The van der Waals surface area contributed by atoms with Crippen molar-refractivity contribution in [1.82, 2.24) is 10.3 Å². The number of hydrogen-bond acceptors (Lipinski definition) is 5. The molecule has 0 spiro atoms. The van der Waals surface area contributed by atoms with Gasteiger partial charge in [-0.05, 0) is 31.2 Å². The molecule has 0 unspecified atom stereocenters. The monoisotopic (exact) mass is 444 g/mol. The Kier molecular flexibility index (Phi) is 8.84. The van der Waals surface area contributed by atoms with E-state index in [0.717, 1.165) is 12.1 Å². The van der Waals surface area contributed by atoms with Crippen LogP contribution in [-0.2, 0) is 17.7 Å². The number of nitrogens with zero attached hydrogens (tertiary/aromatic N) is 2.